The minimum absolute atomic E-state index is 0.0179. The molecule has 4 heteroatoms. The molecule has 0 aliphatic carbocycles. The van der Waals surface area contributed by atoms with Crippen LogP contribution in [0.4, 0.5) is 0 Å². The van der Waals surface area contributed by atoms with Crippen molar-refractivity contribution >= 4 is 5.91 Å². The molecule has 0 bridgehead atoms. The lowest BCUT2D eigenvalue weighted by Gasteiger charge is -2.15. The van der Waals surface area contributed by atoms with E-state index >= 15 is 0 Å². The molecule has 0 atom stereocenters. The van der Waals surface area contributed by atoms with E-state index in [4.69, 9.17) is 10.2 Å². The van der Waals surface area contributed by atoms with Gasteiger partial charge < -0.3 is 15.1 Å². The summed E-state index contributed by atoms with van der Waals surface area (Å²) < 4.78 is 5.23. The van der Waals surface area contributed by atoms with Gasteiger partial charge in [-0.05, 0) is 42.8 Å². The molecule has 0 aliphatic heterocycles. The molecule has 1 aromatic carbocycles. The number of rotatable bonds is 5. The van der Waals surface area contributed by atoms with E-state index in [0.717, 1.165) is 17.7 Å². The number of nitrogens with two attached hydrogens (primary N) is 1. The normalized spacial score (nSPS) is 10.4. The maximum absolute atomic E-state index is 12.2. The van der Waals surface area contributed by atoms with Crippen LogP contribution in [0.25, 0.3) is 0 Å². The smallest absolute Gasteiger partial charge is 0.254 e. The molecule has 0 saturated carbocycles. The van der Waals surface area contributed by atoms with Gasteiger partial charge in [0.1, 0.15) is 5.76 Å². The Balaban J connectivity index is 2.02. The van der Waals surface area contributed by atoms with Crippen LogP contribution in [0.1, 0.15) is 21.7 Å². The molecule has 0 unspecified atom stereocenters. The number of furan rings is 1. The largest absolute Gasteiger partial charge is 0.467 e. The van der Waals surface area contributed by atoms with E-state index in [2.05, 4.69) is 0 Å². The zero-order chi connectivity index (χ0) is 13.7. The Bertz CT molecular complexity index is 518. The number of nitrogens with zero attached hydrogens (tertiary/aromatic N) is 1. The van der Waals surface area contributed by atoms with Crippen molar-refractivity contribution in [1.82, 2.24) is 4.90 Å². The fraction of sp³-hybridized carbons (Fsp3) is 0.267. The van der Waals surface area contributed by atoms with Crippen LogP contribution in [0.15, 0.2) is 47.1 Å². The lowest BCUT2D eigenvalue weighted by Crippen LogP contribution is -2.25. The Kier molecular flexibility index (Phi) is 4.36. The summed E-state index contributed by atoms with van der Waals surface area (Å²) in [4.78, 5) is 13.8. The zero-order valence-corrected chi connectivity index (χ0v) is 11.0. The topological polar surface area (TPSA) is 59.5 Å². The first-order chi connectivity index (χ1) is 9.20. The van der Waals surface area contributed by atoms with Crippen molar-refractivity contribution in [2.24, 2.45) is 5.73 Å². The van der Waals surface area contributed by atoms with Gasteiger partial charge >= 0.3 is 0 Å². The summed E-state index contributed by atoms with van der Waals surface area (Å²) in [7, 11) is 1.76. The molecule has 2 N–H and O–H groups in total. The van der Waals surface area contributed by atoms with Crippen molar-refractivity contribution in [2.45, 2.75) is 13.0 Å². The summed E-state index contributed by atoms with van der Waals surface area (Å²) in [5.41, 5.74) is 7.32. The number of carbonyl (C=O) groups excluding carboxylic acids is 1. The number of amides is 1. The molecular weight excluding hydrogens is 240 g/mol. The molecule has 0 fully saturated rings. The maximum atomic E-state index is 12.2. The Morgan fingerprint density at radius 1 is 1.26 bits per heavy atom. The summed E-state index contributed by atoms with van der Waals surface area (Å²) in [6, 6.07) is 11.2. The van der Waals surface area contributed by atoms with Crippen LogP contribution in [0.5, 0.6) is 0 Å². The molecule has 0 spiro atoms. The SMILES string of the molecule is CN(Cc1ccco1)C(=O)c1ccc(CCN)cc1. The molecule has 100 valence electrons. The van der Waals surface area contributed by atoms with Crippen molar-refractivity contribution in [3.8, 4) is 0 Å². The molecule has 19 heavy (non-hydrogen) atoms. The van der Waals surface area contributed by atoms with E-state index in [9.17, 15) is 4.79 Å². The van der Waals surface area contributed by atoms with Gasteiger partial charge in [-0.1, -0.05) is 12.1 Å². The molecule has 2 rings (SSSR count). The summed E-state index contributed by atoms with van der Waals surface area (Å²) in [5.74, 6) is 0.756. The standard InChI is InChI=1S/C15H18N2O2/c1-17(11-14-3-2-10-19-14)15(18)13-6-4-12(5-7-13)8-9-16/h2-7,10H,8-9,11,16H2,1H3. The fourth-order valence-electron chi connectivity index (χ4n) is 1.91. The highest BCUT2D eigenvalue weighted by molar-refractivity contribution is 5.94. The van der Waals surface area contributed by atoms with Crippen molar-refractivity contribution in [3.63, 3.8) is 0 Å². The van der Waals surface area contributed by atoms with Crippen molar-refractivity contribution < 1.29 is 9.21 Å². The average molecular weight is 258 g/mol. The van der Waals surface area contributed by atoms with Crippen molar-refractivity contribution in [2.75, 3.05) is 13.6 Å². The molecule has 2 aromatic rings. The van der Waals surface area contributed by atoms with E-state index in [-0.39, 0.29) is 5.91 Å². The van der Waals surface area contributed by atoms with Gasteiger partial charge in [0.25, 0.3) is 5.91 Å². The molecular formula is C15H18N2O2. The highest BCUT2D eigenvalue weighted by atomic mass is 16.3. The molecule has 1 aromatic heterocycles. The van der Waals surface area contributed by atoms with Crippen LogP contribution in [0, 0.1) is 0 Å². The number of carbonyl (C=O) groups is 1. The van der Waals surface area contributed by atoms with E-state index in [1.165, 1.54) is 0 Å². The van der Waals surface area contributed by atoms with Gasteiger partial charge in [-0.3, -0.25) is 4.79 Å². The minimum atomic E-state index is -0.0179. The van der Waals surface area contributed by atoms with E-state index in [0.29, 0.717) is 18.7 Å². The minimum Gasteiger partial charge on any atom is -0.467 e. The zero-order valence-electron chi connectivity index (χ0n) is 11.0. The molecule has 1 heterocycles. The quantitative estimate of drug-likeness (QED) is 0.893. The Hall–Kier alpha value is -2.07. The van der Waals surface area contributed by atoms with E-state index in [1.807, 2.05) is 36.4 Å². The highest BCUT2D eigenvalue weighted by Gasteiger charge is 2.12. The molecule has 1 amide bonds. The lowest BCUT2D eigenvalue weighted by molar-refractivity contribution is 0.0775. The van der Waals surface area contributed by atoms with E-state index in [1.54, 1.807) is 18.2 Å². The highest BCUT2D eigenvalue weighted by Crippen LogP contribution is 2.10. The molecule has 0 aliphatic rings. The third-order valence-electron chi connectivity index (χ3n) is 2.95. The predicted octanol–water partition coefficient (Wildman–Crippen LogP) is 2.05. The second-order valence-electron chi connectivity index (χ2n) is 4.48. The molecule has 0 radical (unpaired) electrons. The van der Waals surface area contributed by atoms with Gasteiger partial charge in [0.05, 0.1) is 12.8 Å². The van der Waals surface area contributed by atoms with Crippen molar-refractivity contribution in [1.29, 1.82) is 0 Å². The summed E-state index contributed by atoms with van der Waals surface area (Å²) in [6.07, 6.45) is 2.44. The van der Waals surface area contributed by atoms with E-state index < -0.39 is 0 Å². The van der Waals surface area contributed by atoms with Crippen LogP contribution >= 0.6 is 0 Å². The average Bonchev–Trinajstić information content (AvgIpc) is 2.92. The first-order valence-electron chi connectivity index (χ1n) is 6.27. The maximum Gasteiger partial charge on any atom is 0.254 e. The molecule has 4 nitrogen and oxygen atoms in total. The van der Waals surface area contributed by atoms with Gasteiger partial charge in [-0.15, -0.1) is 0 Å². The second kappa shape index (κ2) is 6.20. The molecule has 0 saturated heterocycles. The second-order valence-corrected chi connectivity index (χ2v) is 4.48. The third kappa shape index (κ3) is 3.45. The summed E-state index contributed by atoms with van der Waals surface area (Å²) in [6.45, 7) is 1.09. The Morgan fingerprint density at radius 2 is 2.00 bits per heavy atom. The lowest BCUT2D eigenvalue weighted by atomic mass is 10.1. The van der Waals surface area contributed by atoms with Crippen molar-refractivity contribution in [3.05, 3.63) is 59.5 Å². The van der Waals surface area contributed by atoms with Crippen LogP contribution in [-0.2, 0) is 13.0 Å². The summed E-state index contributed by atoms with van der Waals surface area (Å²) >= 11 is 0. The van der Waals surface area contributed by atoms with Gasteiger partial charge in [0.15, 0.2) is 0 Å². The third-order valence-corrected chi connectivity index (χ3v) is 2.95. The number of hydrogen-bond acceptors (Lipinski definition) is 3. The number of hydrogen-bond donors (Lipinski definition) is 1. The predicted molar refractivity (Wildman–Crippen MR) is 73.7 cm³/mol. The fourth-order valence-corrected chi connectivity index (χ4v) is 1.91. The number of benzene rings is 1. The van der Waals surface area contributed by atoms with Crippen LogP contribution in [0.3, 0.4) is 0 Å². The Labute approximate surface area is 112 Å². The van der Waals surface area contributed by atoms with Gasteiger partial charge in [-0.25, -0.2) is 0 Å². The van der Waals surface area contributed by atoms with Gasteiger partial charge in [0, 0.05) is 12.6 Å². The van der Waals surface area contributed by atoms with Crippen LogP contribution in [-0.4, -0.2) is 24.4 Å². The van der Waals surface area contributed by atoms with Crippen LogP contribution < -0.4 is 5.73 Å². The van der Waals surface area contributed by atoms with Gasteiger partial charge in [-0.2, -0.15) is 0 Å². The first-order valence-corrected chi connectivity index (χ1v) is 6.27. The van der Waals surface area contributed by atoms with Crippen LogP contribution in [0.2, 0.25) is 0 Å². The Morgan fingerprint density at radius 3 is 2.58 bits per heavy atom. The van der Waals surface area contributed by atoms with Gasteiger partial charge in [0.2, 0.25) is 0 Å². The summed E-state index contributed by atoms with van der Waals surface area (Å²) in [5, 5.41) is 0. The first kappa shape index (κ1) is 13.4. The monoisotopic (exact) mass is 258 g/mol.